The molecule has 4 aliphatic heterocycles. The van der Waals surface area contributed by atoms with Crippen molar-refractivity contribution in [3.8, 4) is 5.75 Å². The van der Waals surface area contributed by atoms with Gasteiger partial charge in [0.05, 0.1) is 36.7 Å². The first-order valence-corrected chi connectivity index (χ1v) is 16.7. The lowest BCUT2D eigenvalue weighted by atomic mass is 9.74. The van der Waals surface area contributed by atoms with Crippen molar-refractivity contribution in [3.63, 3.8) is 0 Å². The summed E-state index contributed by atoms with van der Waals surface area (Å²) in [7, 11) is 0. The number of amides is 3. The molecule has 46 heavy (non-hydrogen) atoms. The van der Waals surface area contributed by atoms with Crippen LogP contribution in [0.15, 0.2) is 78.9 Å². The molecule has 7 rings (SSSR count). The molecule has 1 N–H and O–H groups in total. The van der Waals surface area contributed by atoms with Crippen LogP contribution < -0.4 is 9.64 Å². The van der Waals surface area contributed by atoms with Gasteiger partial charge in [-0.2, -0.15) is 0 Å². The van der Waals surface area contributed by atoms with Gasteiger partial charge in [-0.1, -0.05) is 73.9 Å². The summed E-state index contributed by atoms with van der Waals surface area (Å²) < 4.78 is 12.7. The van der Waals surface area contributed by atoms with Gasteiger partial charge in [-0.15, -0.1) is 0 Å². The highest BCUT2D eigenvalue weighted by molar-refractivity contribution is 6.04. The van der Waals surface area contributed by atoms with Gasteiger partial charge in [0.1, 0.15) is 17.4 Å². The fraction of sp³-hybridized carbons (Fsp3) is 0.486. The number of aliphatic hydroxyl groups is 1. The fourth-order valence-electron chi connectivity index (χ4n) is 8.69. The summed E-state index contributed by atoms with van der Waals surface area (Å²) in [4.78, 5) is 49.8. The van der Waals surface area contributed by atoms with Crippen LogP contribution in [0.2, 0.25) is 0 Å². The van der Waals surface area contributed by atoms with E-state index in [1.807, 2.05) is 97.6 Å². The van der Waals surface area contributed by atoms with Gasteiger partial charge in [0.15, 0.2) is 0 Å². The number of aliphatic hydroxyl groups excluding tert-OH is 1. The topological polar surface area (TPSA) is 99.6 Å². The van der Waals surface area contributed by atoms with Gasteiger partial charge in [-0.3, -0.25) is 14.4 Å². The molecule has 1 saturated carbocycles. The van der Waals surface area contributed by atoms with Gasteiger partial charge in [0, 0.05) is 24.8 Å². The maximum Gasteiger partial charge on any atom is 0.249 e. The summed E-state index contributed by atoms with van der Waals surface area (Å²) in [5.74, 6) is -1.91. The van der Waals surface area contributed by atoms with Crippen molar-refractivity contribution in [2.24, 2.45) is 11.8 Å². The van der Waals surface area contributed by atoms with Crippen LogP contribution in [0.3, 0.4) is 0 Å². The molecule has 242 valence electrons. The van der Waals surface area contributed by atoms with E-state index in [0.29, 0.717) is 31.1 Å². The van der Waals surface area contributed by atoms with Crippen molar-refractivity contribution in [2.45, 2.75) is 75.3 Å². The second-order valence-corrected chi connectivity index (χ2v) is 13.3. The zero-order valence-corrected chi connectivity index (χ0v) is 26.6. The van der Waals surface area contributed by atoms with Crippen LogP contribution in [0.4, 0.5) is 5.69 Å². The lowest BCUT2D eigenvalue weighted by Crippen LogP contribution is -2.58. The molecular weight excluding hydrogens is 582 g/mol. The number of rotatable bonds is 7. The van der Waals surface area contributed by atoms with Gasteiger partial charge >= 0.3 is 0 Å². The monoisotopic (exact) mass is 625 g/mol. The predicted molar refractivity (Wildman–Crippen MR) is 173 cm³/mol. The number of fused-ring (bicyclic) bond motifs is 2. The Balaban J connectivity index is 1.34. The first kappa shape index (κ1) is 30.7. The molecule has 5 aliphatic rings. The molecule has 2 aromatic rings. The number of anilines is 1. The predicted octanol–water partition coefficient (Wildman–Crippen LogP) is 4.42. The number of ether oxygens (including phenoxy) is 2. The van der Waals surface area contributed by atoms with Crippen molar-refractivity contribution in [2.75, 3.05) is 31.2 Å². The van der Waals surface area contributed by atoms with Crippen LogP contribution in [-0.2, 0) is 19.1 Å². The van der Waals surface area contributed by atoms with E-state index < -0.39 is 35.1 Å². The molecule has 0 radical (unpaired) electrons. The van der Waals surface area contributed by atoms with Gasteiger partial charge in [-0.05, 0) is 56.5 Å². The van der Waals surface area contributed by atoms with E-state index in [9.17, 15) is 19.5 Å². The fourth-order valence-corrected chi connectivity index (χ4v) is 8.69. The van der Waals surface area contributed by atoms with E-state index in [0.717, 1.165) is 37.7 Å². The molecule has 6 atom stereocenters. The minimum atomic E-state index is -1.39. The maximum atomic E-state index is 15.0. The summed E-state index contributed by atoms with van der Waals surface area (Å²) in [5.41, 5.74) is -1.10. The van der Waals surface area contributed by atoms with Crippen LogP contribution in [0.5, 0.6) is 5.75 Å². The average Bonchev–Trinajstić information content (AvgIpc) is 3.34. The minimum absolute atomic E-state index is 0.0699. The third-order valence-electron chi connectivity index (χ3n) is 10.7. The summed E-state index contributed by atoms with van der Waals surface area (Å²) >= 11 is 0. The zero-order chi connectivity index (χ0) is 32.1. The second kappa shape index (κ2) is 12.0. The number of carbonyl (C=O) groups excluding carboxylic acids is 3. The molecule has 9 heteroatoms. The third kappa shape index (κ3) is 4.78. The van der Waals surface area contributed by atoms with Gasteiger partial charge in [-0.25, -0.2) is 0 Å². The van der Waals surface area contributed by atoms with Crippen molar-refractivity contribution in [3.05, 3.63) is 84.5 Å². The van der Waals surface area contributed by atoms with Crippen LogP contribution in [0.1, 0.15) is 57.6 Å². The van der Waals surface area contributed by atoms with E-state index in [1.54, 1.807) is 9.80 Å². The van der Waals surface area contributed by atoms with Crippen LogP contribution in [0, 0.1) is 11.8 Å². The Morgan fingerprint density at radius 3 is 2.30 bits per heavy atom. The molecule has 1 aliphatic carbocycles. The van der Waals surface area contributed by atoms with Gasteiger partial charge < -0.3 is 29.3 Å². The average molecular weight is 626 g/mol. The lowest BCUT2D eigenvalue weighted by Gasteiger charge is -2.42. The molecule has 1 spiro atoms. The Hall–Kier alpha value is -3.95. The smallest absolute Gasteiger partial charge is 0.249 e. The SMILES string of the molecule is CCOc1ccc(N2CC=C[C@@]3(C)O[C@]45C=CCN(C6CCCCC6)C(=O)C4N([C@H](CO)c4ccccc4)C(=O)[C@@H]5[C@H]3C2=O)cc1. The zero-order valence-electron chi connectivity index (χ0n) is 26.6. The summed E-state index contributed by atoms with van der Waals surface area (Å²) in [5, 5.41) is 10.8. The highest BCUT2D eigenvalue weighted by atomic mass is 16.5. The summed E-state index contributed by atoms with van der Waals surface area (Å²) in [6.45, 7) is 4.68. The van der Waals surface area contributed by atoms with Crippen molar-refractivity contribution >= 4 is 23.4 Å². The number of likely N-dealkylation sites (tertiary alicyclic amines) is 1. The Bertz CT molecular complexity index is 1540. The van der Waals surface area contributed by atoms with E-state index in [-0.39, 0.29) is 30.4 Å². The molecule has 4 heterocycles. The molecule has 9 nitrogen and oxygen atoms in total. The Morgan fingerprint density at radius 2 is 1.61 bits per heavy atom. The Morgan fingerprint density at radius 1 is 0.891 bits per heavy atom. The normalized spacial score (nSPS) is 31.8. The number of hydrogen-bond donors (Lipinski definition) is 1. The van der Waals surface area contributed by atoms with Gasteiger partial charge in [0.2, 0.25) is 17.7 Å². The molecular formula is C37H43N3O6. The van der Waals surface area contributed by atoms with E-state index in [2.05, 4.69) is 0 Å². The third-order valence-corrected chi connectivity index (χ3v) is 10.7. The van der Waals surface area contributed by atoms with Crippen LogP contribution >= 0.6 is 0 Å². The highest BCUT2D eigenvalue weighted by Crippen LogP contribution is 2.59. The summed E-state index contributed by atoms with van der Waals surface area (Å²) in [6.07, 6.45) is 12.8. The molecule has 2 saturated heterocycles. The highest BCUT2D eigenvalue weighted by Gasteiger charge is 2.75. The number of benzene rings is 2. The Kier molecular flexibility index (Phi) is 8.01. The number of carbonyl (C=O) groups is 3. The first-order chi connectivity index (χ1) is 22.3. The lowest BCUT2D eigenvalue weighted by molar-refractivity contribution is -0.156. The minimum Gasteiger partial charge on any atom is -0.494 e. The molecule has 3 amide bonds. The van der Waals surface area contributed by atoms with Crippen LogP contribution in [-0.4, -0.2) is 82.2 Å². The molecule has 3 fully saturated rings. The number of nitrogens with zero attached hydrogens (tertiary/aromatic N) is 3. The van der Waals surface area contributed by atoms with Crippen LogP contribution in [0.25, 0.3) is 0 Å². The standard InChI is InChI=1S/C37H43N3O6/c1-3-45-28-18-16-27(17-19-28)38-22-10-20-36(2)30(33(38)42)31-34(43)40(29(24-41)25-12-6-4-7-13-25)32-35(44)39(26-14-8-5-9-15-26)23-11-21-37(31,32)46-36/h4,6-7,10-13,16-21,26,29-32,41H,3,5,8-9,14-15,22-24H2,1-2H3/t29-,30+,31+,32?,36-,37+/m1/s1. The molecule has 0 aromatic heterocycles. The summed E-state index contributed by atoms with van der Waals surface area (Å²) in [6, 6.07) is 15.0. The maximum absolute atomic E-state index is 15.0. The molecule has 2 aromatic carbocycles. The van der Waals surface area contributed by atoms with E-state index in [1.165, 1.54) is 0 Å². The second-order valence-electron chi connectivity index (χ2n) is 13.3. The van der Waals surface area contributed by atoms with E-state index >= 15 is 0 Å². The largest absolute Gasteiger partial charge is 0.494 e. The van der Waals surface area contributed by atoms with E-state index in [4.69, 9.17) is 9.47 Å². The van der Waals surface area contributed by atoms with Crippen molar-refractivity contribution < 1.29 is 29.0 Å². The van der Waals surface area contributed by atoms with Crippen molar-refractivity contribution in [1.82, 2.24) is 9.80 Å². The molecule has 1 unspecified atom stereocenters. The molecule has 0 bridgehead atoms. The van der Waals surface area contributed by atoms with Crippen molar-refractivity contribution in [1.29, 1.82) is 0 Å². The van der Waals surface area contributed by atoms with Gasteiger partial charge in [0.25, 0.3) is 0 Å². The number of hydrogen-bond acceptors (Lipinski definition) is 6. The Labute approximate surface area is 270 Å². The quantitative estimate of drug-likeness (QED) is 0.458. The first-order valence-electron chi connectivity index (χ1n) is 16.7.